The Morgan fingerprint density at radius 2 is 2.20 bits per heavy atom. The van der Waals surface area contributed by atoms with Crippen LogP contribution in [0.1, 0.15) is 26.7 Å². The summed E-state index contributed by atoms with van der Waals surface area (Å²) in [5.41, 5.74) is 0. The molecule has 0 fully saturated rings. The van der Waals surface area contributed by atoms with E-state index in [0.29, 0.717) is 5.92 Å². The highest BCUT2D eigenvalue weighted by Crippen LogP contribution is 1.98. The first-order valence-electron chi connectivity index (χ1n) is 3.99. The summed E-state index contributed by atoms with van der Waals surface area (Å²) in [5.74, 6) is 1.52. The summed E-state index contributed by atoms with van der Waals surface area (Å²) in [6.45, 7) is 6.10. The molecular weight excluding hydrogens is 144 g/mol. The zero-order valence-electron chi connectivity index (χ0n) is 6.97. The summed E-state index contributed by atoms with van der Waals surface area (Å²) in [7, 11) is 0. The lowest BCUT2D eigenvalue weighted by Gasteiger charge is -2.07. The van der Waals surface area contributed by atoms with Gasteiger partial charge in [0.05, 0.1) is 0 Å². The van der Waals surface area contributed by atoms with Gasteiger partial charge < -0.3 is 4.74 Å². The van der Waals surface area contributed by atoms with Crippen LogP contribution in [0.25, 0.3) is 0 Å². The maximum absolute atomic E-state index is 5.38. The molecule has 0 aliphatic carbocycles. The second-order valence-corrected chi connectivity index (χ2v) is 3.08. The molecule has 0 N–H and O–H groups in total. The SMILES string of the molecule is CCCCOCC(C)CS. The van der Waals surface area contributed by atoms with E-state index >= 15 is 0 Å². The van der Waals surface area contributed by atoms with Gasteiger partial charge in [0.25, 0.3) is 0 Å². The summed E-state index contributed by atoms with van der Waals surface area (Å²) in [6.07, 6.45) is 2.40. The molecule has 0 saturated carbocycles. The van der Waals surface area contributed by atoms with Gasteiger partial charge in [-0.05, 0) is 18.1 Å². The molecule has 2 heteroatoms. The molecule has 62 valence electrons. The summed E-state index contributed by atoms with van der Waals surface area (Å²) in [6, 6.07) is 0. The minimum Gasteiger partial charge on any atom is -0.381 e. The van der Waals surface area contributed by atoms with Crippen LogP contribution >= 0.6 is 12.6 Å². The molecule has 0 heterocycles. The lowest BCUT2D eigenvalue weighted by molar-refractivity contribution is 0.109. The molecule has 0 aromatic heterocycles. The Bertz CT molecular complexity index is 66.3. The van der Waals surface area contributed by atoms with E-state index in [9.17, 15) is 0 Å². The van der Waals surface area contributed by atoms with Crippen molar-refractivity contribution in [2.45, 2.75) is 26.7 Å². The minimum absolute atomic E-state index is 0.597. The Morgan fingerprint density at radius 3 is 2.70 bits per heavy atom. The normalized spacial score (nSPS) is 13.5. The monoisotopic (exact) mass is 162 g/mol. The van der Waals surface area contributed by atoms with Crippen LogP contribution in [0.4, 0.5) is 0 Å². The van der Waals surface area contributed by atoms with Gasteiger partial charge in [-0.15, -0.1) is 0 Å². The van der Waals surface area contributed by atoms with Crippen LogP contribution in [0, 0.1) is 5.92 Å². The molecule has 0 saturated heterocycles. The molecule has 0 aliphatic heterocycles. The highest BCUT2D eigenvalue weighted by atomic mass is 32.1. The van der Waals surface area contributed by atoms with Crippen molar-refractivity contribution in [2.75, 3.05) is 19.0 Å². The van der Waals surface area contributed by atoms with E-state index in [1.807, 2.05) is 0 Å². The number of unbranched alkanes of at least 4 members (excludes halogenated alkanes) is 1. The first kappa shape index (κ1) is 10.3. The van der Waals surface area contributed by atoms with E-state index in [1.54, 1.807) is 0 Å². The van der Waals surface area contributed by atoms with Crippen molar-refractivity contribution in [1.82, 2.24) is 0 Å². The molecule has 10 heavy (non-hydrogen) atoms. The third kappa shape index (κ3) is 6.43. The van der Waals surface area contributed by atoms with Crippen LogP contribution in [-0.2, 0) is 4.74 Å². The third-order valence-electron chi connectivity index (χ3n) is 1.36. The van der Waals surface area contributed by atoms with Crippen LogP contribution < -0.4 is 0 Å². The number of rotatable bonds is 6. The summed E-state index contributed by atoms with van der Waals surface area (Å²) in [4.78, 5) is 0. The van der Waals surface area contributed by atoms with Gasteiger partial charge in [-0.25, -0.2) is 0 Å². The zero-order valence-corrected chi connectivity index (χ0v) is 7.86. The maximum atomic E-state index is 5.38. The van der Waals surface area contributed by atoms with Crippen molar-refractivity contribution in [3.05, 3.63) is 0 Å². The Morgan fingerprint density at radius 1 is 1.50 bits per heavy atom. The van der Waals surface area contributed by atoms with Crippen molar-refractivity contribution in [1.29, 1.82) is 0 Å². The van der Waals surface area contributed by atoms with Gasteiger partial charge in [0, 0.05) is 13.2 Å². The second kappa shape index (κ2) is 7.42. The number of hydrogen-bond donors (Lipinski definition) is 1. The standard InChI is InChI=1S/C8H18OS/c1-3-4-5-9-6-8(2)7-10/h8,10H,3-7H2,1-2H3. The Kier molecular flexibility index (Phi) is 7.65. The van der Waals surface area contributed by atoms with Gasteiger partial charge in [-0.2, -0.15) is 12.6 Å². The molecule has 0 radical (unpaired) electrons. The maximum Gasteiger partial charge on any atom is 0.0499 e. The molecule has 0 aliphatic rings. The molecule has 0 amide bonds. The molecule has 1 atom stereocenters. The highest BCUT2D eigenvalue weighted by Gasteiger charge is 1.97. The second-order valence-electron chi connectivity index (χ2n) is 2.72. The fraction of sp³-hybridized carbons (Fsp3) is 1.00. The van der Waals surface area contributed by atoms with E-state index in [4.69, 9.17) is 4.74 Å². The Balaban J connectivity index is 2.89. The molecule has 0 aromatic rings. The van der Waals surface area contributed by atoms with E-state index < -0.39 is 0 Å². The van der Waals surface area contributed by atoms with Gasteiger partial charge in [0.1, 0.15) is 0 Å². The fourth-order valence-electron chi connectivity index (χ4n) is 0.584. The summed E-state index contributed by atoms with van der Waals surface area (Å²) >= 11 is 4.16. The first-order valence-corrected chi connectivity index (χ1v) is 4.63. The summed E-state index contributed by atoms with van der Waals surface area (Å²) in [5, 5.41) is 0. The Hall–Kier alpha value is 0.310. The lowest BCUT2D eigenvalue weighted by Crippen LogP contribution is -2.07. The van der Waals surface area contributed by atoms with Gasteiger partial charge in [0.2, 0.25) is 0 Å². The van der Waals surface area contributed by atoms with Gasteiger partial charge in [-0.1, -0.05) is 20.3 Å². The van der Waals surface area contributed by atoms with E-state index in [-0.39, 0.29) is 0 Å². The zero-order chi connectivity index (χ0) is 7.82. The van der Waals surface area contributed by atoms with Crippen molar-refractivity contribution < 1.29 is 4.74 Å². The van der Waals surface area contributed by atoms with Crippen LogP contribution in [0.3, 0.4) is 0 Å². The van der Waals surface area contributed by atoms with Crippen molar-refractivity contribution in [3.63, 3.8) is 0 Å². The predicted octanol–water partition coefficient (Wildman–Crippen LogP) is 2.37. The fourth-order valence-corrected chi connectivity index (χ4v) is 0.689. The average Bonchev–Trinajstić information content (AvgIpc) is 1.98. The average molecular weight is 162 g/mol. The van der Waals surface area contributed by atoms with Crippen molar-refractivity contribution >= 4 is 12.6 Å². The summed E-state index contributed by atoms with van der Waals surface area (Å²) < 4.78 is 5.38. The van der Waals surface area contributed by atoms with E-state index in [2.05, 4.69) is 26.5 Å². The first-order chi connectivity index (χ1) is 4.81. The van der Waals surface area contributed by atoms with E-state index in [1.165, 1.54) is 12.8 Å². The van der Waals surface area contributed by atoms with Gasteiger partial charge in [0.15, 0.2) is 0 Å². The van der Waals surface area contributed by atoms with Crippen molar-refractivity contribution in [3.8, 4) is 0 Å². The van der Waals surface area contributed by atoms with Crippen molar-refractivity contribution in [2.24, 2.45) is 5.92 Å². The highest BCUT2D eigenvalue weighted by molar-refractivity contribution is 7.80. The molecule has 0 bridgehead atoms. The van der Waals surface area contributed by atoms with Crippen LogP contribution in [0.2, 0.25) is 0 Å². The topological polar surface area (TPSA) is 9.23 Å². The van der Waals surface area contributed by atoms with Crippen LogP contribution in [0.5, 0.6) is 0 Å². The number of hydrogen-bond acceptors (Lipinski definition) is 2. The number of ether oxygens (including phenoxy) is 1. The third-order valence-corrected chi connectivity index (χ3v) is 1.98. The lowest BCUT2D eigenvalue weighted by atomic mass is 10.2. The largest absolute Gasteiger partial charge is 0.381 e. The Labute approximate surface area is 69.6 Å². The van der Waals surface area contributed by atoms with E-state index in [0.717, 1.165) is 19.0 Å². The molecular formula is C8H18OS. The predicted molar refractivity (Wildman–Crippen MR) is 48.7 cm³/mol. The molecule has 0 aromatic carbocycles. The number of thiol groups is 1. The molecule has 0 rings (SSSR count). The van der Waals surface area contributed by atoms with Crippen LogP contribution in [-0.4, -0.2) is 19.0 Å². The quantitative estimate of drug-likeness (QED) is 0.466. The molecule has 1 nitrogen and oxygen atoms in total. The van der Waals surface area contributed by atoms with Gasteiger partial charge in [-0.3, -0.25) is 0 Å². The smallest absolute Gasteiger partial charge is 0.0499 e. The minimum atomic E-state index is 0.597. The molecule has 0 spiro atoms. The van der Waals surface area contributed by atoms with Gasteiger partial charge >= 0.3 is 0 Å². The molecule has 1 unspecified atom stereocenters. The van der Waals surface area contributed by atoms with Crippen LogP contribution in [0.15, 0.2) is 0 Å².